The first-order chi connectivity index (χ1) is 22.1. The van der Waals surface area contributed by atoms with Gasteiger partial charge in [0.1, 0.15) is 6.61 Å². The van der Waals surface area contributed by atoms with Crippen molar-refractivity contribution in [3.8, 4) is 0 Å². The molecule has 0 saturated carbocycles. The van der Waals surface area contributed by atoms with Gasteiger partial charge in [-0.3, -0.25) is 14.4 Å². The van der Waals surface area contributed by atoms with Gasteiger partial charge in [0.05, 0.1) is 106 Å². The van der Waals surface area contributed by atoms with Crippen molar-refractivity contribution in [1.29, 1.82) is 0 Å². The van der Waals surface area contributed by atoms with Crippen molar-refractivity contribution in [2.45, 2.75) is 64.7 Å². The summed E-state index contributed by atoms with van der Waals surface area (Å²) in [6.45, 7) is 10.3. The third-order valence-corrected chi connectivity index (χ3v) is 5.93. The van der Waals surface area contributed by atoms with E-state index in [9.17, 15) is 14.4 Å². The van der Waals surface area contributed by atoms with Gasteiger partial charge in [-0.2, -0.15) is 0 Å². The predicted octanol–water partition coefficient (Wildman–Crippen LogP) is 2.39. The lowest BCUT2D eigenvalue weighted by Gasteiger charge is -2.09. The molecule has 45 heavy (non-hydrogen) atoms. The smallest absolute Gasteiger partial charge is 0.305 e. The third kappa shape index (κ3) is 38.2. The Kier molecular flexibility index (Phi) is 35.0. The number of nitrogens with one attached hydrogen (secondary N) is 1. The number of carboxylic acid groups (broad SMARTS) is 1. The zero-order chi connectivity index (χ0) is 32.9. The minimum absolute atomic E-state index is 0.0109. The molecule has 0 heterocycles. The minimum atomic E-state index is -0.984. The van der Waals surface area contributed by atoms with Crippen molar-refractivity contribution in [2.24, 2.45) is 0 Å². The van der Waals surface area contributed by atoms with Crippen LogP contribution in [0.15, 0.2) is 0 Å². The lowest BCUT2D eigenvalue weighted by atomic mass is 10.1. The molecule has 14 heteroatoms. The molecule has 0 spiro atoms. The van der Waals surface area contributed by atoms with Gasteiger partial charge in [0.15, 0.2) is 0 Å². The number of carboxylic acids is 1. The Morgan fingerprint density at radius 1 is 0.467 bits per heavy atom. The van der Waals surface area contributed by atoms with Gasteiger partial charge in [-0.15, -0.1) is 0 Å². The highest BCUT2D eigenvalue weighted by molar-refractivity contribution is 5.80. The van der Waals surface area contributed by atoms with Gasteiger partial charge in [0.2, 0.25) is 5.91 Å². The molecule has 0 saturated heterocycles. The van der Waals surface area contributed by atoms with E-state index in [4.69, 9.17) is 47.7 Å². The van der Waals surface area contributed by atoms with E-state index in [0.29, 0.717) is 125 Å². The van der Waals surface area contributed by atoms with Gasteiger partial charge in [-0.05, 0) is 12.8 Å². The fourth-order valence-electron chi connectivity index (χ4n) is 3.51. The highest BCUT2D eigenvalue weighted by Gasteiger charge is 2.04. The van der Waals surface area contributed by atoms with Crippen LogP contribution in [0.5, 0.6) is 0 Å². The maximum Gasteiger partial charge on any atom is 0.305 e. The fraction of sp³-hybridized carbons (Fsp3) is 0.903. The monoisotopic (exact) mass is 653 g/mol. The first kappa shape index (κ1) is 43.1. The Morgan fingerprint density at radius 3 is 1.29 bits per heavy atom. The van der Waals surface area contributed by atoms with Crippen LogP contribution in [0.25, 0.3) is 0 Å². The highest BCUT2D eigenvalue weighted by atomic mass is 16.6. The number of hydrogen-bond donors (Lipinski definition) is 2. The van der Waals surface area contributed by atoms with Crippen LogP contribution >= 0.6 is 0 Å². The van der Waals surface area contributed by atoms with Crippen LogP contribution in [0.2, 0.25) is 0 Å². The Labute approximate surface area is 269 Å². The van der Waals surface area contributed by atoms with Gasteiger partial charge < -0.3 is 53.1 Å². The molecule has 0 aromatic rings. The molecule has 1 amide bonds. The number of ether oxygens (including phenoxy) is 9. The lowest BCUT2D eigenvalue weighted by molar-refractivity contribution is -0.145. The van der Waals surface area contributed by atoms with Gasteiger partial charge in [-0.25, -0.2) is 0 Å². The molecule has 14 nitrogen and oxygen atoms in total. The van der Waals surface area contributed by atoms with Crippen LogP contribution in [0, 0.1) is 0 Å². The normalized spacial score (nSPS) is 11.1. The molecule has 0 bridgehead atoms. The van der Waals surface area contributed by atoms with E-state index >= 15 is 0 Å². The van der Waals surface area contributed by atoms with E-state index < -0.39 is 5.97 Å². The SMILES string of the molecule is CCCCCCCC(=O)OCCOCCOCCOCCOCCOCCOCCOCCOCCCNC(=O)CCC(=O)O. The fourth-order valence-corrected chi connectivity index (χ4v) is 3.51. The number of unbranched alkanes of at least 4 members (excludes halogenated alkanes) is 4. The Hall–Kier alpha value is -1.91. The van der Waals surface area contributed by atoms with Crippen LogP contribution in [0.3, 0.4) is 0 Å². The average Bonchev–Trinajstić information content (AvgIpc) is 3.02. The van der Waals surface area contributed by atoms with Crippen molar-refractivity contribution in [3.05, 3.63) is 0 Å². The Balaban J connectivity index is 3.13. The van der Waals surface area contributed by atoms with Crippen LogP contribution < -0.4 is 5.32 Å². The maximum atomic E-state index is 11.6. The zero-order valence-electron chi connectivity index (χ0n) is 27.4. The highest BCUT2D eigenvalue weighted by Crippen LogP contribution is 2.05. The predicted molar refractivity (Wildman–Crippen MR) is 165 cm³/mol. The summed E-state index contributed by atoms with van der Waals surface area (Å²) >= 11 is 0. The van der Waals surface area contributed by atoms with E-state index in [1.165, 1.54) is 19.3 Å². The summed E-state index contributed by atoms with van der Waals surface area (Å²) in [5.74, 6) is -1.41. The zero-order valence-corrected chi connectivity index (χ0v) is 27.4. The van der Waals surface area contributed by atoms with E-state index in [-0.39, 0.29) is 31.3 Å². The molecular weight excluding hydrogens is 594 g/mol. The summed E-state index contributed by atoms with van der Waals surface area (Å²) in [6, 6.07) is 0. The first-order valence-corrected chi connectivity index (χ1v) is 16.3. The molecule has 0 unspecified atom stereocenters. The number of carbonyl (C=O) groups is 3. The van der Waals surface area contributed by atoms with Gasteiger partial charge in [0, 0.05) is 26.0 Å². The van der Waals surface area contributed by atoms with Gasteiger partial charge in [0.25, 0.3) is 0 Å². The molecule has 2 N–H and O–H groups in total. The molecule has 266 valence electrons. The van der Waals surface area contributed by atoms with Crippen LogP contribution in [0.1, 0.15) is 64.7 Å². The molecule has 0 radical (unpaired) electrons. The second-order valence-corrected chi connectivity index (χ2v) is 9.88. The number of rotatable bonds is 37. The van der Waals surface area contributed by atoms with Crippen LogP contribution in [0.4, 0.5) is 0 Å². The first-order valence-electron chi connectivity index (χ1n) is 16.3. The molecule has 0 fully saturated rings. The van der Waals surface area contributed by atoms with E-state index in [1.807, 2.05) is 0 Å². The van der Waals surface area contributed by atoms with Crippen molar-refractivity contribution in [2.75, 3.05) is 119 Å². The van der Waals surface area contributed by atoms with E-state index in [2.05, 4.69) is 12.2 Å². The largest absolute Gasteiger partial charge is 0.481 e. The molecule has 0 aromatic heterocycles. The minimum Gasteiger partial charge on any atom is -0.481 e. The Bertz CT molecular complexity index is 669. The van der Waals surface area contributed by atoms with Crippen molar-refractivity contribution >= 4 is 17.8 Å². The summed E-state index contributed by atoms with van der Waals surface area (Å²) < 4.78 is 48.6. The van der Waals surface area contributed by atoms with Crippen molar-refractivity contribution < 1.29 is 62.1 Å². The summed E-state index contributed by atoms with van der Waals surface area (Å²) in [4.78, 5) is 33.3. The number of amides is 1. The molecule has 0 atom stereocenters. The topological polar surface area (TPSA) is 167 Å². The number of aliphatic carboxylic acids is 1. The van der Waals surface area contributed by atoms with Crippen molar-refractivity contribution in [1.82, 2.24) is 5.32 Å². The van der Waals surface area contributed by atoms with Crippen molar-refractivity contribution in [3.63, 3.8) is 0 Å². The summed E-state index contributed by atoms with van der Waals surface area (Å²) in [5, 5.41) is 11.2. The number of hydrogen-bond acceptors (Lipinski definition) is 12. The number of carbonyl (C=O) groups excluding carboxylic acids is 2. The summed E-state index contributed by atoms with van der Waals surface area (Å²) in [5.41, 5.74) is 0. The molecule has 0 aromatic carbocycles. The van der Waals surface area contributed by atoms with Crippen LogP contribution in [-0.4, -0.2) is 142 Å². The van der Waals surface area contributed by atoms with Gasteiger partial charge in [-0.1, -0.05) is 32.6 Å². The van der Waals surface area contributed by atoms with E-state index in [0.717, 1.165) is 12.8 Å². The lowest BCUT2D eigenvalue weighted by Crippen LogP contribution is -2.25. The second kappa shape index (κ2) is 36.6. The quantitative estimate of drug-likeness (QED) is 0.0742. The number of esters is 1. The molecule has 0 aliphatic heterocycles. The molecular formula is C31H59NO13. The standard InChI is InChI=1S/C31H59NO13/c1-2-3-4-5-6-8-31(36)45-28-27-44-26-25-43-24-23-42-22-21-41-20-19-40-18-17-39-16-15-38-14-13-37-12-7-11-32-29(33)9-10-30(34)35/h2-28H2,1H3,(H,32,33)(H,34,35). The molecule has 0 rings (SSSR count). The Morgan fingerprint density at radius 2 is 0.867 bits per heavy atom. The van der Waals surface area contributed by atoms with Gasteiger partial charge >= 0.3 is 11.9 Å². The summed E-state index contributed by atoms with van der Waals surface area (Å²) in [6.07, 6.45) is 6.51. The molecule has 0 aliphatic rings. The maximum absolute atomic E-state index is 11.6. The molecule has 0 aliphatic carbocycles. The average molecular weight is 654 g/mol. The van der Waals surface area contributed by atoms with E-state index in [1.54, 1.807) is 0 Å². The van der Waals surface area contributed by atoms with Crippen LogP contribution in [-0.2, 0) is 57.0 Å². The second-order valence-electron chi connectivity index (χ2n) is 9.88. The third-order valence-electron chi connectivity index (χ3n) is 5.93. The summed E-state index contributed by atoms with van der Waals surface area (Å²) in [7, 11) is 0.